The van der Waals surface area contributed by atoms with Gasteiger partial charge < -0.3 is 10.1 Å². The van der Waals surface area contributed by atoms with E-state index >= 15 is 0 Å². The van der Waals surface area contributed by atoms with Crippen molar-refractivity contribution in [2.24, 2.45) is 0 Å². The molecule has 0 bridgehead atoms. The Morgan fingerprint density at radius 1 is 1.03 bits per heavy atom. The zero-order valence-corrected chi connectivity index (χ0v) is 17.6. The third-order valence-corrected chi connectivity index (χ3v) is 5.16. The van der Waals surface area contributed by atoms with Crippen molar-refractivity contribution in [2.45, 2.75) is 19.9 Å². The van der Waals surface area contributed by atoms with E-state index in [-0.39, 0.29) is 24.4 Å². The lowest BCUT2D eigenvalue weighted by molar-refractivity contribution is -0.116. The van der Waals surface area contributed by atoms with Crippen LogP contribution >= 0.6 is 11.6 Å². The lowest BCUT2D eigenvalue weighted by atomic mass is 10.1. The standard InChI is InChI=1S/C24H20ClN3O3/c1-16-7-6-8-17-23(16)26-15-28(24(17)30)14-13-22(29)27-19-10-3-5-12-21(19)31-20-11-4-2-9-18(20)25/h2-12,15H,13-14H2,1H3,(H,27,29). The Bertz CT molecular complexity index is 1320. The van der Waals surface area contributed by atoms with Gasteiger partial charge in [0.15, 0.2) is 5.75 Å². The second-order valence-corrected chi connectivity index (χ2v) is 7.45. The van der Waals surface area contributed by atoms with E-state index in [1.54, 1.807) is 36.4 Å². The SMILES string of the molecule is Cc1cccc2c(=O)n(CCC(=O)Nc3ccccc3Oc3ccccc3Cl)cnc12. The minimum absolute atomic E-state index is 0.110. The number of halogens is 1. The summed E-state index contributed by atoms with van der Waals surface area (Å²) in [7, 11) is 0. The first-order valence-corrected chi connectivity index (χ1v) is 10.2. The molecule has 0 saturated heterocycles. The summed E-state index contributed by atoms with van der Waals surface area (Å²) in [6, 6.07) is 19.7. The minimum Gasteiger partial charge on any atom is -0.454 e. The number of hydrogen-bond acceptors (Lipinski definition) is 4. The van der Waals surface area contributed by atoms with Crippen LogP contribution in [0.15, 0.2) is 77.9 Å². The van der Waals surface area contributed by atoms with Crippen LogP contribution in [0.3, 0.4) is 0 Å². The Kier molecular flexibility index (Phi) is 6.00. The summed E-state index contributed by atoms with van der Waals surface area (Å²) in [5.74, 6) is 0.727. The molecule has 0 aliphatic carbocycles. The molecule has 1 aromatic heterocycles. The fourth-order valence-electron chi connectivity index (χ4n) is 3.24. The van der Waals surface area contributed by atoms with Gasteiger partial charge in [-0.1, -0.05) is 48.0 Å². The predicted molar refractivity (Wildman–Crippen MR) is 122 cm³/mol. The average Bonchev–Trinajstić information content (AvgIpc) is 2.77. The highest BCUT2D eigenvalue weighted by molar-refractivity contribution is 6.32. The van der Waals surface area contributed by atoms with Crippen LogP contribution in [0.4, 0.5) is 5.69 Å². The summed E-state index contributed by atoms with van der Waals surface area (Å²) < 4.78 is 7.32. The fraction of sp³-hybridized carbons (Fsp3) is 0.125. The van der Waals surface area contributed by atoms with E-state index in [1.807, 2.05) is 37.3 Å². The van der Waals surface area contributed by atoms with E-state index in [4.69, 9.17) is 16.3 Å². The highest BCUT2D eigenvalue weighted by Gasteiger charge is 2.11. The van der Waals surface area contributed by atoms with Crippen LogP contribution in [0, 0.1) is 6.92 Å². The number of carbonyl (C=O) groups excluding carboxylic acids is 1. The maximum Gasteiger partial charge on any atom is 0.261 e. The lowest BCUT2D eigenvalue weighted by Crippen LogP contribution is -2.24. The summed E-state index contributed by atoms with van der Waals surface area (Å²) in [5, 5.41) is 3.86. The van der Waals surface area contributed by atoms with Gasteiger partial charge in [0.1, 0.15) is 5.75 Å². The molecule has 0 unspecified atom stereocenters. The van der Waals surface area contributed by atoms with Crippen LogP contribution < -0.4 is 15.6 Å². The Morgan fingerprint density at radius 3 is 2.58 bits per heavy atom. The van der Waals surface area contributed by atoms with E-state index in [9.17, 15) is 9.59 Å². The molecule has 0 saturated carbocycles. The molecule has 6 nitrogen and oxygen atoms in total. The van der Waals surface area contributed by atoms with Crippen molar-refractivity contribution < 1.29 is 9.53 Å². The summed E-state index contributed by atoms with van der Waals surface area (Å²) >= 11 is 6.17. The van der Waals surface area contributed by atoms with Gasteiger partial charge in [-0.15, -0.1) is 0 Å². The molecule has 0 fully saturated rings. The van der Waals surface area contributed by atoms with E-state index in [0.29, 0.717) is 33.1 Å². The van der Waals surface area contributed by atoms with Crippen LogP contribution in [0.1, 0.15) is 12.0 Å². The van der Waals surface area contributed by atoms with Gasteiger partial charge in [-0.3, -0.25) is 14.2 Å². The number of anilines is 1. The van der Waals surface area contributed by atoms with Crippen LogP contribution in [0.2, 0.25) is 5.02 Å². The highest BCUT2D eigenvalue weighted by atomic mass is 35.5. The zero-order valence-electron chi connectivity index (χ0n) is 16.8. The van der Waals surface area contributed by atoms with E-state index in [1.165, 1.54) is 10.9 Å². The third-order valence-electron chi connectivity index (χ3n) is 4.85. The number of ether oxygens (including phenoxy) is 1. The Hall–Kier alpha value is -3.64. The van der Waals surface area contributed by atoms with E-state index in [0.717, 1.165) is 5.56 Å². The minimum atomic E-state index is -0.244. The summed E-state index contributed by atoms with van der Waals surface area (Å²) in [6.07, 6.45) is 1.60. The Labute approximate surface area is 184 Å². The largest absolute Gasteiger partial charge is 0.454 e. The Balaban J connectivity index is 1.47. The number of nitrogens with zero attached hydrogens (tertiary/aromatic N) is 2. The molecule has 1 N–H and O–H groups in total. The monoisotopic (exact) mass is 433 g/mol. The van der Waals surface area contributed by atoms with Crippen LogP contribution in [0.5, 0.6) is 11.5 Å². The van der Waals surface area contributed by atoms with Crippen molar-refractivity contribution in [1.29, 1.82) is 0 Å². The third kappa shape index (κ3) is 4.59. The van der Waals surface area contributed by atoms with Gasteiger partial charge in [-0.2, -0.15) is 0 Å². The topological polar surface area (TPSA) is 73.2 Å². The number of aryl methyl sites for hydroxylation is 2. The maximum atomic E-state index is 12.7. The number of aromatic nitrogens is 2. The van der Waals surface area contributed by atoms with Crippen molar-refractivity contribution in [1.82, 2.24) is 9.55 Å². The van der Waals surface area contributed by atoms with Gasteiger partial charge >= 0.3 is 0 Å². The molecular weight excluding hydrogens is 414 g/mol. The second-order valence-electron chi connectivity index (χ2n) is 7.04. The molecule has 3 aromatic carbocycles. The van der Waals surface area contributed by atoms with E-state index in [2.05, 4.69) is 10.3 Å². The van der Waals surface area contributed by atoms with Crippen LogP contribution in [0.25, 0.3) is 10.9 Å². The molecule has 0 atom stereocenters. The van der Waals surface area contributed by atoms with Crippen molar-refractivity contribution >= 4 is 34.1 Å². The number of hydrogen-bond donors (Lipinski definition) is 1. The second kappa shape index (κ2) is 9.02. The number of nitrogens with one attached hydrogen (secondary N) is 1. The molecule has 0 aliphatic rings. The van der Waals surface area contributed by atoms with Gasteiger partial charge in [0.25, 0.3) is 5.56 Å². The first-order chi connectivity index (χ1) is 15.0. The highest BCUT2D eigenvalue weighted by Crippen LogP contribution is 2.33. The number of carbonyl (C=O) groups is 1. The fourth-order valence-corrected chi connectivity index (χ4v) is 3.41. The quantitative estimate of drug-likeness (QED) is 0.454. The van der Waals surface area contributed by atoms with Gasteiger partial charge in [0.05, 0.1) is 27.9 Å². The number of amides is 1. The van der Waals surface area contributed by atoms with Crippen molar-refractivity contribution in [3.63, 3.8) is 0 Å². The van der Waals surface area contributed by atoms with Gasteiger partial charge in [0.2, 0.25) is 5.91 Å². The lowest BCUT2D eigenvalue weighted by Gasteiger charge is -2.13. The molecule has 31 heavy (non-hydrogen) atoms. The number of rotatable bonds is 6. The smallest absolute Gasteiger partial charge is 0.261 e. The van der Waals surface area contributed by atoms with Crippen LogP contribution in [-0.4, -0.2) is 15.5 Å². The van der Waals surface area contributed by atoms with Gasteiger partial charge in [-0.05, 0) is 42.8 Å². The molecule has 4 rings (SSSR count). The van der Waals surface area contributed by atoms with Crippen molar-refractivity contribution in [3.05, 3.63) is 94.0 Å². The number of benzene rings is 3. The molecule has 1 heterocycles. The Morgan fingerprint density at radius 2 is 1.77 bits per heavy atom. The van der Waals surface area contributed by atoms with Gasteiger partial charge in [-0.25, -0.2) is 4.98 Å². The number of para-hydroxylation sites is 4. The molecule has 4 aromatic rings. The first kappa shape index (κ1) is 20.6. The summed E-state index contributed by atoms with van der Waals surface area (Å²) in [4.78, 5) is 29.6. The zero-order chi connectivity index (χ0) is 21.8. The maximum absolute atomic E-state index is 12.7. The molecule has 0 spiro atoms. The normalized spacial score (nSPS) is 10.8. The van der Waals surface area contributed by atoms with Gasteiger partial charge in [0, 0.05) is 13.0 Å². The first-order valence-electron chi connectivity index (χ1n) is 9.79. The van der Waals surface area contributed by atoms with Crippen LogP contribution in [-0.2, 0) is 11.3 Å². The molecule has 156 valence electrons. The predicted octanol–water partition coefficient (Wildman–Crippen LogP) is 5.18. The number of fused-ring (bicyclic) bond motifs is 1. The molecular formula is C24H20ClN3O3. The summed E-state index contributed by atoms with van der Waals surface area (Å²) in [6.45, 7) is 2.13. The molecule has 0 radical (unpaired) electrons. The average molecular weight is 434 g/mol. The van der Waals surface area contributed by atoms with E-state index < -0.39 is 0 Å². The van der Waals surface area contributed by atoms with Crippen molar-refractivity contribution in [3.8, 4) is 11.5 Å². The van der Waals surface area contributed by atoms with Crippen molar-refractivity contribution in [2.75, 3.05) is 5.32 Å². The summed E-state index contributed by atoms with van der Waals surface area (Å²) in [5.41, 5.74) is 1.98. The molecule has 7 heteroatoms. The molecule has 1 amide bonds. The molecule has 0 aliphatic heterocycles.